The van der Waals surface area contributed by atoms with Gasteiger partial charge < -0.3 is 15.5 Å². The van der Waals surface area contributed by atoms with Gasteiger partial charge in [0.1, 0.15) is 18.0 Å². The van der Waals surface area contributed by atoms with Crippen LogP contribution < -0.4 is 15.5 Å². The standard InChI is InChI=1S/C26H26FN7O2/c27-20-6-8-21(9-7-20)33-16-19(14-23(33)35)26(36)29-12-13-34-25-22(15-32-34)24(30-17-31-25)28-11-10-18-4-2-1-3-5-18/h1-9,15,17,19H,10-14,16H2,(H,29,36)(H,28,30,31)/t19-/m0/s1. The predicted molar refractivity (Wildman–Crippen MR) is 134 cm³/mol. The maximum absolute atomic E-state index is 13.2. The lowest BCUT2D eigenvalue weighted by Gasteiger charge is -2.16. The largest absolute Gasteiger partial charge is 0.369 e. The van der Waals surface area contributed by atoms with Crippen LogP contribution in [-0.2, 0) is 22.6 Å². The van der Waals surface area contributed by atoms with Gasteiger partial charge in [0.2, 0.25) is 11.8 Å². The average molecular weight is 488 g/mol. The van der Waals surface area contributed by atoms with Gasteiger partial charge in [0.15, 0.2) is 5.65 Å². The van der Waals surface area contributed by atoms with Crippen LogP contribution in [0.1, 0.15) is 12.0 Å². The Morgan fingerprint density at radius 3 is 2.67 bits per heavy atom. The summed E-state index contributed by atoms with van der Waals surface area (Å²) in [5, 5.41) is 11.5. The van der Waals surface area contributed by atoms with E-state index in [0.717, 1.165) is 24.2 Å². The molecule has 184 valence electrons. The summed E-state index contributed by atoms with van der Waals surface area (Å²) in [4.78, 5) is 35.3. The first-order valence-corrected chi connectivity index (χ1v) is 11.9. The van der Waals surface area contributed by atoms with Gasteiger partial charge in [0, 0.05) is 31.7 Å². The van der Waals surface area contributed by atoms with Crippen molar-refractivity contribution in [3.8, 4) is 0 Å². The number of anilines is 2. The number of carbonyl (C=O) groups is 2. The lowest BCUT2D eigenvalue weighted by atomic mass is 10.1. The summed E-state index contributed by atoms with van der Waals surface area (Å²) in [6.07, 6.45) is 4.21. The van der Waals surface area contributed by atoms with Crippen molar-refractivity contribution >= 4 is 34.4 Å². The summed E-state index contributed by atoms with van der Waals surface area (Å²) in [6.45, 7) is 1.77. The van der Waals surface area contributed by atoms with Crippen molar-refractivity contribution in [3.05, 3.63) is 78.5 Å². The van der Waals surface area contributed by atoms with Crippen LogP contribution in [0.3, 0.4) is 0 Å². The quantitative estimate of drug-likeness (QED) is 0.376. The van der Waals surface area contributed by atoms with Gasteiger partial charge in [-0.2, -0.15) is 5.10 Å². The normalized spacial score (nSPS) is 15.4. The van der Waals surface area contributed by atoms with Crippen molar-refractivity contribution in [2.45, 2.75) is 19.4 Å². The minimum Gasteiger partial charge on any atom is -0.369 e. The maximum atomic E-state index is 13.2. The molecule has 1 saturated heterocycles. The molecule has 0 bridgehead atoms. The fourth-order valence-electron chi connectivity index (χ4n) is 4.35. The molecule has 0 spiro atoms. The van der Waals surface area contributed by atoms with Gasteiger partial charge in [-0.3, -0.25) is 9.59 Å². The van der Waals surface area contributed by atoms with Crippen molar-refractivity contribution in [3.63, 3.8) is 0 Å². The van der Waals surface area contributed by atoms with Gasteiger partial charge in [0.05, 0.1) is 24.0 Å². The van der Waals surface area contributed by atoms with Crippen LogP contribution in [0.15, 0.2) is 67.1 Å². The molecule has 1 atom stereocenters. The smallest absolute Gasteiger partial charge is 0.227 e. The Morgan fingerprint density at radius 1 is 1.06 bits per heavy atom. The molecule has 10 heteroatoms. The molecule has 1 aliphatic heterocycles. The summed E-state index contributed by atoms with van der Waals surface area (Å²) < 4.78 is 14.9. The monoisotopic (exact) mass is 487 g/mol. The van der Waals surface area contributed by atoms with Crippen molar-refractivity contribution in [2.75, 3.05) is 29.9 Å². The van der Waals surface area contributed by atoms with Crippen LogP contribution >= 0.6 is 0 Å². The van der Waals surface area contributed by atoms with Crippen LogP contribution in [0, 0.1) is 11.7 Å². The zero-order valence-electron chi connectivity index (χ0n) is 19.6. The Kier molecular flexibility index (Phi) is 6.83. The highest BCUT2D eigenvalue weighted by Gasteiger charge is 2.35. The summed E-state index contributed by atoms with van der Waals surface area (Å²) >= 11 is 0. The lowest BCUT2D eigenvalue weighted by Crippen LogP contribution is -2.35. The van der Waals surface area contributed by atoms with Crippen molar-refractivity contribution in [1.29, 1.82) is 0 Å². The van der Waals surface area contributed by atoms with E-state index < -0.39 is 5.92 Å². The number of nitrogens with zero attached hydrogens (tertiary/aromatic N) is 5. The number of carbonyl (C=O) groups excluding carboxylic acids is 2. The number of benzene rings is 2. The first-order chi connectivity index (χ1) is 17.6. The van der Waals surface area contributed by atoms with E-state index in [-0.39, 0.29) is 30.6 Å². The number of halogens is 1. The molecule has 9 nitrogen and oxygen atoms in total. The number of hydrogen-bond donors (Lipinski definition) is 2. The first kappa shape index (κ1) is 23.4. The van der Waals surface area contributed by atoms with E-state index in [4.69, 9.17) is 0 Å². The van der Waals surface area contributed by atoms with Gasteiger partial charge in [-0.1, -0.05) is 30.3 Å². The summed E-state index contributed by atoms with van der Waals surface area (Å²) in [6, 6.07) is 15.9. The molecule has 1 fully saturated rings. The van der Waals surface area contributed by atoms with Gasteiger partial charge in [0.25, 0.3) is 0 Å². The number of aromatic nitrogens is 4. The summed E-state index contributed by atoms with van der Waals surface area (Å²) in [5.41, 5.74) is 2.51. The topological polar surface area (TPSA) is 105 Å². The average Bonchev–Trinajstić information content (AvgIpc) is 3.49. The number of nitrogens with one attached hydrogen (secondary N) is 2. The van der Waals surface area contributed by atoms with Crippen LogP contribution in [0.4, 0.5) is 15.9 Å². The third kappa shape index (κ3) is 5.17. The van der Waals surface area contributed by atoms with Gasteiger partial charge >= 0.3 is 0 Å². The zero-order chi connectivity index (χ0) is 24.9. The molecule has 2 N–H and O–H groups in total. The third-order valence-electron chi connectivity index (χ3n) is 6.24. The van der Waals surface area contributed by atoms with E-state index in [1.54, 1.807) is 23.0 Å². The lowest BCUT2D eigenvalue weighted by molar-refractivity contribution is -0.126. The number of amides is 2. The molecule has 1 aliphatic rings. The fraction of sp³-hybridized carbons (Fsp3) is 0.269. The van der Waals surface area contributed by atoms with Crippen LogP contribution in [0.5, 0.6) is 0 Å². The highest BCUT2D eigenvalue weighted by Crippen LogP contribution is 2.25. The Morgan fingerprint density at radius 2 is 1.86 bits per heavy atom. The SMILES string of the molecule is O=C(NCCn1ncc2c(NCCc3ccccc3)ncnc21)[C@H]1CC(=O)N(c2ccc(F)cc2)C1. The van der Waals surface area contributed by atoms with E-state index in [1.807, 2.05) is 18.2 Å². The number of hydrogen-bond acceptors (Lipinski definition) is 6. The third-order valence-corrected chi connectivity index (χ3v) is 6.24. The second kappa shape index (κ2) is 10.5. The molecule has 0 aliphatic carbocycles. The zero-order valence-corrected chi connectivity index (χ0v) is 19.6. The minimum absolute atomic E-state index is 0.124. The first-order valence-electron chi connectivity index (χ1n) is 11.9. The molecule has 0 radical (unpaired) electrons. The molecule has 5 rings (SSSR count). The van der Waals surface area contributed by atoms with Crippen molar-refractivity contribution < 1.29 is 14.0 Å². The molecule has 0 unspecified atom stereocenters. The van der Waals surface area contributed by atoms with E-state index in [9.17, 15) is 14.0 Å². The highest BCUT2D eigenvalue weighted by molar-refractivity contribution is 6.00. The Labute approximate surface area is 207 Å². The second-order valence-electron chi connectivity index (χ2n) is 8.66. The van der Waals surface area contributed by atoms with E-state index >= 15 is 0 Å². The van der Waals surface area contributed by atoms with Crippen molar-refractivity contribution in [1.82, 2.24) is 25.1 Å². The molecule has 3 heterocycles. The Balaban J connectivity index is 1.14. The van der Waals surface area contributed by atoms with E-state index in [0.29, 0.717) is 24.4 Å². The molecule has 2 amide bonds. The molecular formula is C26H26FN7O2. The molecule has 2 aromatic heterocycles. The van der Waals surface area contributed by atoms with Crippen LogP contribution in [0.25, 0.3) is 11.0 Å². The van der Waals surface area contributed by atoms with Gasteiger partial charge in [-0.05, 0) is 36.2 Å². The molecule has 0 saturated carbocycles. The van der Waals surface area contributed by atoms with E-state index in [2.05, 4.69) is 37.8 Å². The number of rotatable bonds is 9. The van der Waals surface area contributed by atoms with Crippen LogP contribution in [0.2, 0.25) is 0 Å². The Hall–Kier alpha value is -4.34. The molecule has 4 aromatic rings. The van der Waals surface area contributed by atoms with Gasteiger partial charge in [-0.25, -0.2) is 19.0 Å². The summed E-state index contributed by atoms with van der Waals surface area (Å²) in [5.74, 6) is -0.450. The predicted octanol–water partition coefficient (Wildman–Crippen LogP) is 2.79. The Bertz CT molecular complexity index is 1360. The maximum Gasteiger partial charge on any atom is 0.227 e. The minimum atomic E-state index is -0.459. The molecular weight excluding hydrogens is 461 g/mol. The van der Waals surface area contributed by atoms with E-state index in [1.165, 1.54) is 28.9 Å². The fourth-order valence-corrected chi connectivity index (χ4v) is 4.35. The molecule has 36 heavy (non-hydrogen) atoms. The molecule has 2 aromatic carbocycles. The second-order valence-corrected chi connectivity index (χ2v) is 8.66. The highest BCUT2D eigenvalue weighted by atomic mass is 19.1. The van der Waals surface area contributed by atoms with Gasteiger partial charge in [-0.15, -0.1) is 0 Å². The number of fused-ring (bicyclic) bond motifs is 1. The summed E-state index contributed by atoms with van der Waals surface area (Å²) in [7, 11) is 0. The van der Waals surface area contributed by atoms with Crippen LogP contribution in [-0.4, -0.2) is 51.2 Å². The van der Waals surface area contributed by atoms with Crippen molar-refractivity contribution in [2.24, 2.45) is 5.92 Å².